The smallest absolute Gasteiger partial charge is 0.122 e. The van der Waals surface area contributed by atoms with Crippen molar-refractivity contribution in [2.75, 3.05) is 13.2 Å². The molecule has 1 aliphatic rings. The topological polar surface area (TPSA) is 34.4 Å². The molecule has 3 heteroatoms. The number of hydrogen-bond acceptors (Lipinski definition) is 3. The van der Waals surface area contributed by atoms with Crippen molar-refractivity contribution in [3.63, 3.8) is 0 Å². The highest BCUT2D eigenvalue weighted by atomic mass is 16.5. The van der Waals surface area contributed by atoms with E-state index >= 15 is 0 Å². The number of nitrogens with one attached hydrogen (secondary N) is 1. The van der Waals surface area contributed by atoms with Gasteiger partial charge in [-0.1, -0.05) is 19.1 Å². The molecule has 0 spiro atoms. The van der Waals surface area contributed by atoms with Crippen LogP contribution in [0.5, 0.6) is 5.75 Å². The summed E-state index contributed by atoms with van der Waals surface area (Å²) in [4.78, 5) is 0. The molecule has 0 radical (unpaired) electrons. The summed E-state index contributed by atoms with van der Waals surface area (Å²) in [5.41, 5.74) is 3.75. The van der Waals surface area contributed by atoms with Crippen LogP contribution < -0.4 is 10.1 Å². The molecule has 1 aliphatic heterocycles. The molecule has 1 atom stereocenters. The molecule has 0 aliphatic carbocycles. The Balaban J connectivity index is 1.94. The number of hydrogen-bond donors (Lipinski definition) is 1. The summed E-state index contributed by atoms with van der Waals surface area (Å²) in [6, 6.07) is 8.70. The molecule has 0 saturated carbocycles. The predicted molar refractivity (Wildman–Crippen MR) is 74.5 cm³/mol. The highest BCUT2D eigenvalue weighted by molar-refractivity contribution is 5.42. The van der Waals surface area contributed by atoms with Crippen LogP contribution in [0.15, 0.2) is 41.2 Å². The van der Waals surface area contributed by atoms with E-state index in [1.165, 1.54) is 16.7 Å². The van der Waals surface area contributed by atoms with Gasteiger partial charge in [-0.3, -0.25) is 0 Å². The average Bonchev–Trinajstić information content (AvgIpc) is 2.98. The Bertz CT molecular complexity index is 534. The van der Waals surface area contributed by atoms with Crippen molar-refractivity contribution in [3.8, 4) is 5.75 Å². The Morgan fingerprint density at radius 1 is 1.26 bits per heavy atom. The molecular formula is C16H19NO2. The van der Waals surface area contributed by atoms with E-state index in [9.17, 15) is 0 Å². The molecule has 3 rings (SSSR count). The number of aryl methyl sites for hydroxylation is 1. The van der Waals surface area contributed by atoms with Crippen molar-refractivity contribution in [3.05, 3.63) is 53.5 Å². The second kappa shape index (κ2) is 5.49. The van der Waals surface area contributed by atoms with Gasteiger partial charge in [-0.25, -0.2) is 0 Å². The summed E-state index contributed by atoms with van der Waals surface area (Å²) >= 11 is 0. The zero-order valence-corrected chi connectivity index (χ0v) is 11.2. The number of benzene rings is 1. The number of rotatable bonds is 4. The summed E-state index contributed by atoms with van der Waals surface area (Å²) in [5.74, 6) is 1.04. The molecule has 1 unspecified atom stereocenters. The molecule has 0 saturated heterocycles. The van der Waals surface area contributed by atoms with Crippen LogP contribution in [-0.2, 0) is 6.42 Å². The van der Waals surface area contributed by atoms with Gasteiger partial charge in [0.2, 0.25) is 0 Å². The lowest BCUT2D eigenvalue weighted by Gasteiger charge is -2.21. The van der Waals surface area contributed by atoms with E-state index in [-0.39, 0.29) is 6.04 Å². The van der Waals surface area contributed by atoms with Gasteiger partial charge in [0, 0.05) is 5.56 Å². The lowest BCUT2D eigenvalue weighted by Crippen LogP contribution is -2.22. The highest BCUT2D eigenvalue weighted by Crippen LogP contribution is 2.30. The SMILES string of the molecule is CCNC(c1ccoc1)c1ccc2c(c1)CCCO2. The maximum atomic E-state index is 5.67. The van der Waals surface area contributed by atoms with Crippen molar-refractivity contribution < 1.29 is 9.15 Å². The Morgan fingerprint density at radius 3 is 3.00 bits per heavy atom. The normalized spacial score (nSPS) is 15.6. The quantitative estimate of drug-likeness (QED) is 0.912. The number of fused-ring (bicyclic) bond motifs is 1. The van der Waals surface area contributed by atoms with Crippen molar-refractivity contribution >= 4 is 0 Å². The lowest BCUT2D eigenvalue weighted by molar-refractivity contribution is 0.288. The first kappa shape index (κ1) is 12.3. The Morgan fingerprint density at radius 2 is 2.21 bits per heavy atom. The van der Waals surface area contributed by atoms with Crippen molar-refractivity contribution in [2.24, 2.45) is 0 Å². The number of ether oxygens (including phenoxy) is 1. The highest BCUT2D eigenvalue weighted by Gasteiger charge is 2.17. The van der Waals surface area contributed by atoms with Crippen LogP contribution in [0.4, 0.5) is 0 Å². The Labute approximate surface area is 113 Å². The van der Waals surface area contributed by atoms with Crippen LogP contribution in [0.3, 0.4) is 0 Å². The van der Waals surface area contributed by atoms with E-state index in [2.05, 4.69) is 30.4 Å². The van der Waals surface area contributed by atoms with Crippen LogP contribution >= 0.6 is 0 Å². The van der Waals surface area contributed by atoms with Gasteiger partial charge in [0.15, 0.2) is 0 Å². The average molecular weight is 257 g/mol. The fourth-order valence-electron chi connectivity index (χ4n) is 2.63. The van der Waals surface area contributed by atoms with Crippen molar-refractivity contribution in [1.82, 2.24) is 5.32 Å². The molecule has 0 amide bonds. The van der Waals surface area contributed by atoms with Crippen LogP contribution in [-0.4, -0.2) is 13.2 Å². The van der Waals surface area contributed by atoms with Crippen LogP contribution in [0.2, 0.25) is 0 Å². The molecule has 2 heterocycles. The van der Waals surface area contributed by atoms with Gasteiger partial charge >= 0.3 is 0 Å². The molecule has 1 N–H and O–H groups in total. The molecule has 100 valence electrons. The van der Waals surface area contributed by atoms with Gasteiger partial charge in [-0.2, -0.15) is 0 Å². The monoisotopic (exact) mass is 257 g/mol. The fourth-order valence-corrected chi connectivity index (χ4v) is 2.63. The first-order valence-corrected chi connectivity index (χ1v) is 6.89. The predicted octanol–water partition coefficient (Wildman–Crippen LogP) is 3.30. The summed E-state index contributed by atoms with van der Waals surface area (Å²) in [7, 11) is 0. The van der Waals surface area contributed by atoms with Crippen LogP contribution in [0, 0.1) is 0 Å². The standard InChI is InChI=1S/C16H19NO2/c1-2-17-16(14-7-9-18-11-14)13-5-6-15-12(10-13)4-3-8-19-15/h5-7,9-11,16-17H,2-4,8H2,1H3. The van der Waals surface area contributed by atoms with Gasteiger partial charge < -0.3 is 14.5 Å². The van der Waals surface area contributed by atoms with Crippen LogP contribution in [0.1, 0.15) is 36.1 Å². The third-order valence-electron chi connectivity index (χ3n) is 3.55. The van der Waals surface area contributed by atoms with E-state index in [0.717, 1.165) is 31.7 Å². The zero-order chi connectivity index (χ0) is 13.1. The Kier molecular flexibility index (Phi) is 3.56. The minimum Gasteiger partial charge on any atom is -0.493 e. The molecule has 0 fully saturated rings. The molecule has 3 nitrogen and oxygen atoms in total. The lowest BCUT2D eigenvalue weighted by atomic mass is 9.96. The number of furan rings is 1. The van der Waals surface area contributed by atoms with Gasteiger partial charge in [-0.15, -0.1) is 0 Å². The van der Waals surface area contributed by atoms with Gasteiger partial charge in [-0.05, 0) is 42.6 Å². The summed E-state index contributed by atoms with van der Waals surface area (Å²) < 4.78 is 10.9. The van der Waals surface area contributed by atoms with Gasteiger partial charge in [0.05, 0.1) is 25.2 Å². The van der Waals surface area contributed by atoms with E-state index in [0.29, 0.717) is 0 Å². The zero-order valence-electron chi connectivity index (χ0n) is 11.2. The van der Waals surface area contributed by atoms with Gasteiger partial charge in [0.1, 0.15) is 5.75 Å². The third-order valence-corrected chi connectivity index (χ3v) is 3.55. The summed E-state index contributed by atoms with van der Waals surface area (Å²) in [6.07, 6.45) is 5.74. The first-order chi connectivity index (χ1) is 9.38. The van der Waals surface area contributed by atoms with Crippen LogP contribution in [0.25, 0.3) is 0 Å². The van der Waals surface area contributed by atoms with E-state index in [4.69, 9.17) is 9.15 Å². The second-order valence-electron chi connectivity index (χ2n) is 4.87. The molecule has 1 aromatic carbocycles. The van der Waals surface area contributed by atoms with Crippen molar-refractivity contribution in [1.29, 1.82) is 0 Å². The van der Waals surface area contributed by atoms with Crippen molar-refractivity contribution in [2.45, 2.75) is 25.8 Å². The molecular weight excluding hydrogens is 238 g/mol. The molecule has 0 bridgehead atoms. The van der Waals surface area contributed by atoms with E-state index < -0.39 is 0 Å². The summed E-state index contributed by atoms with van der Waals surface area (Å²) in [6.45, 7) is 3.88. The molecule has 1 aromatic heterocycles. The fraction of sp³-hybridized carbons (Fsp3) is 0.375. The minimum atomic E-state index is 0.191. The second-order valence-corrected chi connectivity index (χ2v) is 4.87. The van der Waals surface area contributed by atoms with Gasteiger partial charge in [0.25, 0.3) is 0 Å². The first-order valence-electron chi connectivity index (χ1n) is 6.89. The minimum absolute atomic E-state index is 0.191. The molecule has 19 heavy (non-hydrogen) atoms. The Hall–Kier alpha value is -1.74. The maximum absolute atomic E-state index is 5.67. The summed E-state index contributed by atoms with van der Waals surface area (Å²) in [5, 5.41) is 3.51. The van der Waals surface area contributed by atoms with E-state index in [1.807, 2.05) is 12.3 Å². The maximum Gasteiger partial charge on any atom is 0.122 e. The largest absolute Gasteiger partial charge is 0.493 e. The third kappa shape index (κ3) is 2.51. The van der Waals surface area contributed by atoms with E-state index in [1.54, 1.807) is 6.26 Å². The molecule has 2 aromatic rings.